The molecule has 0 aliphatic rings. The van der Waals surface area contributed by atoms with Crippen LogP contribution >= 0.6 is 11.6 Å². The predicted molar refractivity (Wildman–Crippen MR) is 128 cm³/mol. The molecule has 0 aliphatic carbocycles. The van der Waals surface area contributed by atoms with Crippen molar-refractivity contribution >= 4 is 17.5 Å². The number of carbonyl (C=O) groups is 1. The number of aromatic nitrogens is 2. The first-order valence-electron chi connectivity index (χ1n) is 11.0. The van der Waals surface area contributed by atoms with Gasteiger partial charge in [-0.3, -0.25) is 4.79 Å². The molecule has 6 nitrogen and oxygen atoms in total. The highest BCUT2D eigenvalue weighted by Crippen LogP contribution is 2.36. The maximum absolute atomic E-state index is 13.1. The third-order valence-electron chi connectivity index (χ3n) is 5.99. The lowest BCUT2D eigenvalue weighted by molar-refractivity contribution is -0.141. The summed E-state index contributed by atoms with van der Waals surface area (Å²) < 4.78 is 44.9. The van der Waals surface area contributed by atoms with Crippen LogP contribution in [0.3, 0.4) is 0 Å². The molecule has 3 atom stereocenters. The number of halogens is 4. The van der Waals surface area contributed by atoms with Gasteiger partial charge in [0.05, 0.1) is 11.6 Å². The summed E-state index contributed by atoms with van der Waals surface area (Å²) in [5.41, 5.74) is 5.12. The summed E-state index contributed by atoms with van der Waals surface area (Å²) in [4.78, 5) is 19.4. The number of hydrogen-bond acceptors (Lipinski definition) is 5. The highest BCUT2D eigenvalue weighted by molar-refractivity contribution is 6.30. The van der Waals surface area contributed by atoms with E-state index in [0.29, 0.717) is 23.1 Å². The van der Waals surface area contributed by atoms with Crippen molar-refractivity contribution in [3.63, 3.8) is 0 Å². The first kappa shape index (κ1) is 27.0. The molecule has 2 N–H and O–H groups in total. The van der Waals surface area contributed by atoms with E-state index in [1.165, 1.54) is 6.92 Å². The molecule has 3 unspecified atom stereocenters. The summed E-state index contributed by atoms with van der Waals surface area (Å²) in [6, 6.07) is 17.2. The molecule has 2 aromatic carbocycles. The number of benzene rings is 2. The van der Waals surface area contributed by atoms with E-state index in [1.807, 2.05) is 25.1 Å². The topological polar surface area (TPSA) is 102 Å². The molecule has 36 heavy (non-hydrogen) atoms. The fourth-order valence-corrected chi connectivity index (χ4v) is 4.22. The Kier molecular flexibility index (Phi) is 8.21. The van der Waals surface area contributed by atoms with Gasteiger partial charge in [0.15, 0.2) is 11.3 Å². The van der Waals surface area contributed by atoms with Crippen LogP contribution in [-0.2, 0) is 17.4 Å². The van der Waals surface area contributed by atoms with Crippen LogP contribution < -0.4 is 10.5 Å². The molecule has 1 heterocycles. The molecule has 0 fully saturated rings. The molecular weight excluding hydrogens is 493 g/mol. The van der Waals surface area contributed by atoms with Gasteiger partial charge >= 0.3 is 6.18 Å². The Morgan fingerprint density at radius 1 is 1.17 bits per heavy atom. The zero-order valence-corrected chi connectivity index (χ0v) is 20.3. The van der Waals surface area contributed by atoms with Crippen molar-refractivity contribution in [2.24, 2.45) is 11.7 Å². The van der Waals surface area contributed by atoms with Gasteiger partial charge in [-0.05, 0) is 67.0 Å². The number of alkyl halides is 3. The lowest BCUT2D eigenvalue weighted by atomic mass is 9.77. The summed E-state index contributed by atoms with van der Waals surface area (Å²) in [5, 5.41) is 9.96. The fourth-order valence-electron chi connectivity index (χ4n) is 4.09. The SMILES string of the molecule is CC(CC(C)(Oc1cc(C(F)(F)F)ncn1)C(N)=O)C(Cc1ccc(Cl)cc1)c1cccc(C#N)c1. The van der Waals surface area contributed by atoms with Gasteiger partial charge in [0, 0.05) is 11.1 Å². The summed E-state index contributed by atoms with van der Waals surface area (Å²) in [6.07, 6.45) is -3.36. The number of amides is 1. The minimum Gasteiger partial charge on any atom is -0.461 e. The van der Waals surface area contributed by atoms with Crippen LogP contribution in [0.15, 0.2) is 60.9 Å². The van der Waals surface area contributed by atoms with Crippen LogP contribution in [0, 0.1) is 17.2 Å². The number of nitrogens with two attached hydrogens (primary N) is 1. The maximum Gasteiger partial charge on any atom is 0.433 e. The van der Waals surface area contributed by atoms with E-state index >= 15 is 0 Å². The van der Waals surface area contributed by atoms with E-state index in [1.54, 1.807) is 30.3 Å². The van der Waals surface area contributed by atoms with Gasteiger partial charge in [0.2, 0.25) is 5.88 Å². The maximum atomic E-state index is 13.1. The van der Waals surface area contributed by atoms with Crippen LogP contribution in [-0.4, -0.2) is 21.5 Å². The van der Waals surface area contributed by atoms with Gasteiger partial charge in [-0.15, -0.1) is 0 Å². The van der Waals surface area contributed by atoms with Gasteiger partial charge in [0.25, 0.3) is 5.91 Å². The lowest BCUT2D eigenvalue weighted by Gasteiger charge is -2.33. The molecule has 188 valence electrons. The number of nitriles is 1. The molecule has 0 bridgehead atoms. The van der Waals surface area contributed by atoms with Gasteiger partial charge in [-0.1, -0.05) is 42.8 Å². The van der Waals surface area contributed by atoms with Crippen LogP contribution in [0.25, 0.3) is 0 Å². The molecule has 1 amide bonds. The molecular formula is C26H24ClF3N4O2. The van der Waals surface area contributed by atoms with Crippen LogP contribution in [0.1, 0.15) is 48.6 Å². The molecule has 10 heteroatoms. The zero-order valence-electron chi connectivity index (χ0n) is 19.6. The van der Waals surface area contributed by atoms with Crippen LogP contribution in [0.5, 0.6) is 5.88 Å². The molecule has 3 aromatic rings. The second kappa shape index (κ2) is 11.0. The van der Waals surface area contributed by atoms with Crippen molar-refractivity contribution in [3.05, 3.63) is 88.3 Å². The number of ether oxygens (including phenoxy) is 1. The molecule has 0 saturated carbocycles. The van der Waals surface area contributed by atoms with E-state index < -0.39 is 29.3 Å². The van der Waals surface area contributed by atoms with Crippen molar-refractivity contribution in [1.82, 2.24) is 9.97 Å². The molecule has 0 radical (unpaired) electrons. The van der Waals surface area contributed by atoms with E-state index in [2.05, 4.69) is 16.0 Å². The Morgan fingerprint density at radius 2 is 1.86 bits per heavy atom. The van der Waals surface area contributed by atoms with E-state index in [9.17, 15) is 23.2 Å². The van der Waals surface area contributed by atoms with E-state index in [-0.39, 0.29) is 18.3 Å². The quantitative estimate of drug-likeness (QED) is 0.393. The Balaban J connectivity index is 1.93. The van der Waals surface area contributed by atoms with Gasteiger partial charge < -0.3 is 10.5 Å². The predicted octanol–water partition coefficient (Wildman–Crippen LogP) is 5.70. The Morgan fingerprint density at radius 3 is 2.47 bits per heavy atom. The second-order valence-corrected chi connectivity index (χ2v) is 9.23. The van der Waals surface area contributed by atoms with Crippen molar-refractivity contribution in [3.8, 4) is 11.9 Å². The molecule has 1 aromatic heterocycles. The minimum absolute atomic E-state index is 0.0721. The summed E-state index contributed by atoms with van der Waals surface area (Å²) >= 11 is 6.02. The minimum atomic E-state index is -4.70. The smallest absolute Gasteiger partial charge is 0.433 e. The molecule has 0 saturated heterocycles. The van der Waals surface area contributed by atoms with Crippen molar-refractivity contribution in [1.29, 1.82) is 5.26 Å². The second-order valence-electron chi connectivity index (χ2n) is 8.79. The lowest BCUT2D eigenvalue weighted by Crippen LogP contribution is -2.48. The summed E-state index contributed by atoms with van der Waals surface area (Å²) in [5.74, 6) is -1.70. The molecule has 3 rings (SSSR count). The average Bonchev–Trinajstić information content (AvgIpc) is 2.83. The zero-order chi connectivity index (χ0) is 26.5. The van der Waals surface area contributed by atoms with E-state index in [0.717, 1.165) is 17.5 Å². The summed E-state index contributed by atoms with van der Waals surface area (Å²) in [6.45, 7) is 3.32. The number of nitrogens with zero attached hydrogens (tertiary/aromatic N) is 3. The van der Waals surface area contributed by atoms with Crippen molar-refractivity contribution in [2.45, 2.75) is 44.4 Å². The largest absolute Gasteiger partial charge is 0.461 e. The molecule has 0 aliphatic heterocycles. The standard InChI is InChI=1S/C26H24ClF3N4O2/c1-16(13-25(2,24(32)35)36-23-12-22(26(28,29)30)33-15-34-23)21(11-17-6-8-20(27)9-7-17)19-5-3-4-18(10-19)14-31/h3-10,12,15-16,21H,11,13H2,1-2H3,(H2,32,35). The van der Waals surface area contributed by atoms with Gasteiger partial charge in [-0.25, -0.2) is 9.97 Å². The third kappa shape index (κ3) is 6.73. The Bertz CT molecular complexity index is 1260. The normalized spacial score (nSPS) is 14.8. The third-order valence-corrected chi connectivity index (χ3v) is 6.25. The van der Waals surface area contributed by atoms with Crippen molar-refractivity contribution < 1.29 is 22.7 Å². The monoisotopic (exact) mass is 516 g/mol. The van der Waals surface area contributed by atoms with E-state index in [4.69, 9.17) is 22.1 Å². The van der Waals surface area contributed by atoms with Crippen molar-refractivity contribution in [2.75, 3.05) is 0 Å². The first-order valence-corrected chi connectivity index (χ1v) is 11.4. The van der Waals surface area contributed by atoms with Gasteiger partial charge in [0.1, 0.15) is 6.33 Å². The summed E-state index contributed by atoms with van der Waals surface area (Å²) in [7, 11) is 0. The highest BCUT2D eigenvalue weighted by Gasteiger charge is 2.39. The average molecular weight is 517 g/mol. The fraction of sp³-hybridized carbons (Fsp3) is 0.308. The highest BCUT2D eigenvalue weighted by atomic mass is 35.5. The van der Waals surface area contributed by atoms with Crippen LogP contribution in [0.2, 0.25) is 5.02 Å². The van der Waals surface area contributed by atoms with Crippen LogP contribution in [0.4, 0.5) is 13.2 Å². The first-order chi connectivity index (χ1) is 16.9. The number of hydrogen-bond donors (Lipinski definition) is 1. The van der Waals surface area contributed by atoms with Gasteiger partial charge in [-0.2, -0.15) is 18.4 Å². The Hall–Kier alpha value is -3.64. The Labute approximate surface area is 211 Å². The number of primary amides is 1. The number of carbonyl (C=O) groups excluding carboxylic acids is 1. The molecule has 0 spiro atoms. The number of rotatable bonds is 9.